The summed E-state index contributed by atoms with van der Waals surface area (Å²) in [5.41, 5.74) is 3.30. The van der Waals surface area contributed by atoms with Crippen LogP contribution in [0.4, 0.5) is 0 Å². The van der Waals surface area contributed by atoms with Crippen molar-refractivity contribution in [3.8, 4) is 11.5 Å². The van der Waals surface area contributed by atoms with Gasteiger partial charge in [-0.2, -0.15) is 0 Å². The predicted molar refractivity (Wildman–Crippen MR) is 122 cm³/mol. The SMILES string of the molecule is COc1ccc(S[C@@H](C)C(=O)N[C@@H](c2ccccc2)c2ccc(C)cc2)cc1OC. The molecule has 2 atom stereocenters. The van der Waals surface area contributed by atoms with E-state index in [-0.39, 0.29) is 17.2 Å². The van der Waals surface area contributed by atoms with Gasteiger partial charge >= 0.3 is 0 Å². The Balaban J connectivity index is 1.77. The molecule has 0 spiro atoms. The third-order valence-electron chi connectivity index (χ3n) is 4.87. The second-order valence-electron chi connectivity index (χ2n) is 7.04. The number of carbonyl (C=O) groups excluding carboxylic acids is 1. The first-order valence-electron chi connectivity index (χ1n) is 9.82. The lowest BCUT2D eigenvalue weighted by Crippen LogP contribution is -2.34. The molecule has 1 amide bonds. The molecule has 156 valence electrons. The molecular weight excluding hydrogens is 394 g/mol. The number of hydrogen-bond donors (Lipinski definition) is 1. The zero-order valence-electron chi connectivity index (χ0n) is 17.7. The Morgan fingerprint density at radius 2 is 1.50 bits per heavy atom. The largest absolute Gasteiger partial charge is 0.493 e. The third-order valence-corrected chi connectivity index (χ3v) is 5.96. The summed E-state index contributed by atoms with van der Waals surface area (Å²) in [4.78, 5) is 14.0. The Hall–Kier alpha value is -2.92. The van der Waals surface area contributed by atoms with Crippen LogP contribution in [0.15, 0.2) is 77.7 Å². The number of methoxy groups -OCH3 is 2. The molecule has 0 aliphatic rings. The lowest BCUT2D eigenvalue weighted by atomic mass is 9.97. The van der Waals surface area contributed by atoms with Gasteiger partial charge in [-0.1, -0.05) is 60.2 Å². The third kappa shape index (κ3) is 5.36. The Kier molecular flexibility index (Phi) is 7.41. The van der Waals surface area contributed by atoms with Crippen LogP contribution in [-0.2, 0) is 4.79 Å². The van der Waals surface area contributed by atoms with E-state index in [0.29, 0.717) is 11.5 Å². The average Bonchev–Trinajstić information content (AvgIpc) is 2.78. The number of aryl methyl sites for hydroxylation is 1. The standard InChI is InChI=1S/C25H27NO3S/c1-17-10-12-20(13-11-17)24(19-8-6-5-7-9-19)26-25(27)18(2)30-21-14-15-22(28-3)23(16-21)29-4/h5-16,18,24H,1-4H3,(H,26,27)/t18-,24-/m0/s1. The molecule has 0 fully saturated rings. The minimum Gasteiger partial charge on any atom is -0.493 e. The van der Waals surface area contributed by atoms with Crippen molar-refractivity contribution in [2.45, 2.75) is 30.0 Å². The van der Waals surface area contributed by atoms with Gasteiger partial charge in [0.2, 0.25) is 5.91 Å². The van der Waals surface area contributed by atoms with Crippen molar-refractivity contribution in [3.63, 3.8) is 0 Å². The van der Waals surface area contributed by atoms with E-state index in [1.54, 1.807) is 14.2 Å². The zero-order valence-corrected chi connectivity index (χ0v) is 18.5. The molecule has 0 heterocycles. The first kappa shape index (κ1) is 21.8. The average molecular weight is 422 g/mol. The molecule has 4 nitrogen and oxygen atoms in total. The number of benzene rings is 3. The maximum atomic E-state index is 13.1. The molecule has 3 aromatic carbocycles. The fourth-order valence-corrected chi connectivity index (χ4v) is 4.08. The van der Waals surface area contributed by atoms with Crippen molar-refractivity contribution >= 4 is 17.7 Å². The highest BCUT2D eigenvalue weighted by atomic mass is 32.2. The molecule has 0 aliphatic heterocycles. The van der Waals surface area contributed by atoms with Crippen LogP contribution in [0.1, 0.15) is 29.7 Å². The van der Waals surface area contributed by atoms with Crippen LogP contribution in [-0.4, -0.2) is 25.4 Å². The molecule has 0 unspecified atom stereocenters. The summed E-state index contributed by atoms with van der Waals surface area (Å²) in [6.45, 7) is 3.97. The van der Waals surface area contributed by atoms with E-state index in [1.165, 1.54) is 17.3 Å². The summed E-state index contributed by atoms with van der Waals surface area (Å²) in [7, 11) is 3.21. The van der Waals surface area contributed by atoms with Crippen molar-refractivity contribution in [3.05, 3.63) is 89.5 Å². The molecule has 3 aromatic rings. The van der Waals surface area contributed by atoms with Crippen molar-refractivity contribution in [1.82, 2.24) is 5.32 Å². The summed E-state index contributed by atoms with van der Waals surface area (Å²) in [5, 5.41) is 2.95. The van der Waals surface area contributed by atoms with Gasteiger partial charge in [0.25, 0.3) is 0 Å². The number of hydrogen-bond acceptors (Lipinski definition) is 4. The van der Waals surface area contributed by atoms with E-state index in [9.17, 15) is 4.79 Å². The first-order valence-corrected chi connectivity index (χ1v) is 10.7. The highest BCUT2D eigenvalue weighted by Crippen LogP contribution is 2.34. The van der Waals surface area contributed by atoms with Crippen LogP contribution in [0.2, 0.25) is 0 Å². The Morgan fingerprint density at radius 3 is 2.13 bits per heavy atom. The zero-order chi connectivity index (χ0) is 21.5. The quantitative estimate of drug-likeness (QED) is 0.495. The summed E-state index contributed by atoms with van der Waals surface area (Å²) in [6, 6.07) is 23.8. The van der Waals surface area contributed by atoms with Crippen molar-refractivity contribution < 1.29 is 14.3 Å². The molecule has 0 bridgehead atoms. The van der Waals surface area contributed by atoms with Crippen LogP contribution in [0.5, 0.6) is 11.5 Å². The summed E-state index contributed by atoms with van der Waals surface area (Å²) in [5.74, 6) is 1.30. The molecule has 30 heavy (non-hydrogen) atoms. The van der Waals surface area contributed by atoms with Gasteiger partial charge in [0.05, 0.1) is 25.5 Å². The number of rotatable bonds is 8. The number of ether oxygens (including phenoxy) is 2. The van der Waals surface area contributed by atoms with Gasteiger partial charge in [0.15, 0.2) is 11.5 Å². The fourth-order valence-electron chi connectivity index (χ4n) is 3.17. The van der Waals surface area contributed by atoms with E-state index in [2.05, 4.69) is 36.5 Å². The smallest absolute Gasteiger partial charge is 0.233 e. The van der Waals surface area contributed by atoms with Crippen LogP contribution in [0, 0.1) is 6.92 Å². The van der Waals surface area contributed by atoms with E-state index >= 15 is 0 Å². The second kappa shape index (κ2) is 10.2. The summed E-state index contributed by atoms with van der Waals surface area (Å²) < 4.78 is 10.7. The minimum atomic E-state index is -0.278. The van der Waals surface area contributed by atoms with Gasteiger partial charge in [0, 0.05) is 4.90 Å². The first-order chi connectivity index (χ1) is 14.5. The lowest BCUT2D eigenvalue weighted by Gasteiger charge is -2.22. The summed E-state index contributed by atoms with van der Waals surface area (Å²) >= 11 is 1.49. The molecule has 3 rings (SSSR count). The van der Waals surface area contributed by atoms with E-state index in [4.69, 9.17) is 9.47 Å². The molecule has 1 N–H and O–H groups in total. The maximum Gasteiger partial charge on any atom is 0.233 e. The monoisotopic (exact) mass is 421 g/mol. The number of thioether (sulfide) groups is 1. The highest BCUT2D eigenvalue weighted by Gasteiger charge is 2.21. The van der Waals surface area contributed by atoms with Gasteiger partial charge in [-0.05, 0) is 43.2 Å². The van der Waals surface area contributed by atoms with Gasteiger partial charge in [-0.25, -0.2) is 0 Å². The molecule has 0 saturated heterocycles. The summed E-state index contributed by atoms with van der Waals surface area (Å²) in [6.07, 6.45) is 0. The normalized spacial score (nSPS) is 12.7. The van der Waals surface area contributed by atoms with E-state index < -0.39 is 0 Å². The fraction of sp³-hybridized carbons (Fsp3) is 0.240. The van der Waals surface area contributed by atoms with Crippen LogP contribution in [0.3, 0.4) is 0 Å². The van der Waals surface area contributed by atoms with Crippen molar-refractivity contribution in [2.75, 3.05) is 14.2 Å². The second-order valence-corrected chi connectivity index (χ2v) is 8.45. The Bertz CT molecular complexity index is 973. The van der Waals surface area contributed by atoms with Gasteiger partial charge in [-0.15, -0.1) is 11.8 Å². The molecule has 0 radical (unpaired) electrons. The van der Waals surface area contributed by atoms with E-state index in [0.717, 1.165) is 16.0 Å². The van der Waals surface area contributed by atoms with Crippen molar-refractivity contribution in [1.29, 1.82) is 0 Å². The molecule has 0 aliphatic carbocycles. The van der Waals surface area contributed by atoms with Gasteiger partial charge in [-0.3, -0.25) is 4.79 Å². The van der Waals surface area contributed by atoms with E-state index in [1.807, 2.05) is 55.5 Å². The number of nitrogens with one attached hydrogen (secondary N) is 1. The van der Waals surface area contributed by atoms with Crippen LogP contribution in [0.25, 0.3) is 0 Å². The number of carbonyl (C=O) groups is 1. The predicted octanol–water partition coefficient (Wildman–Crippen LogP) is 5.40. The van der Waals surface area contributed by atoms with Gasteiger partial charge in [0.1, 0.15) is 0 Å². The topological polar surface area (TPSA) is 47.6 Å². The van der Waals surface area contributed by atoms with Crippen molar-refractivity contribution in [2.24, 2.45) is 0 Å². The maximum absolute atomic E-state index is 13.1. The molecule has 0 aromatic heterocycles. The highest BCUT2D eigenvalue weighted by molar-refractivity contribution is 8.00. The minimum absolute atomic E-state index is 0.0239. The lowest BCUT2D eigenvalue weighted by molar-refractivity contribution is -0.120. The number of amides is 1. The van der Waals surface area contributed by atoms with Crippen LogP contribution >= 0.6 is 11.8 Å². The van der Waals surface area contributed by atoms with Gasteiger partial charge < -0.3 is 14.8 Å². The Labute approximate surface area is 182 Å². The van der Waals surface area contributed by atoms with Crippen LogP contribution < -0.4 is 14.8 Å². The Morgan fingerprint density at radius 1 is 0.867 bits per heavy atom. The molecular formula is C25H27NO3S. The molecule has 5 heteroatoms. The molecule has 0 saturated carbocycles.